The second-order valence-electron chi connectivity index (χ2n) is 8.61. The van der Waals surface area contributed by atoms with Crippen molar-refractivity contribution in [2.24, 2.45) is 5.14 Å². The van der Waals surface area contributed by atoms with E-state index in [2.05, 4.69) is 19.8 Å². The maximum atomic E-state index is 13.7. The van der Waals surface area contributed by atoms with Crippen LogP contribution in [-0.2, 0) is 20.4 Å². The Morgan fingerprint density at radius 3 is 2.53 bits per heavy atom. The number of amides is 1. The van der Waals surface area contributed by atoms with Crippen LogP contribution in [0.1, 0.15) is 36.6 Å². The first-order valence-corrected chi connectivity index (χ1v) is 12.3. The quantitative estimate of drug-likeness (QED) is 0.462. The van der Waals surface area contributed by atoms with E-state index in [9.17, 15) is 22.0 Å². The van der Waals surface area contributed by atoms with E-state index in [1.807, 2.05) is 43.0 Å². The molecule has 2 heterocycles. The smallest absolute Gasteiger partial charge is 0.388 e. The summed E-state index contributed by atoms with van der Waals surface area (Å²) in [7, 11) is -3.82. The van der Waals surface area contributed by atoms with E-state index in [0.717, 1.165) is 11.1 Å². The van der Waals surface area contributed by atoms with Crippen molar-refractivity contribution in [1.29, 1.82) is 0 Å². The van der Waals surface area contributed by atoms with Crippen molar-refractivity contribution >= 4 is 21.8 Å². The van der Waals surface area contributed by atoms with Crippen molar-refractivity contribution in [1.82, 2.24) is 14.6 Å². The number of pyridine rings is 1. The fraction of sp³-hybridized carbons (Fsp3) is 0.455. The number of likely N-dealkylation sites (tertiary alicyclic amines) is 1. The molecule has 0 radical (unpaired) electrons. The van der Waals surface area contributed by atoms with Crippen LogP contribution in [0.3, 0.4) is 0 Å². The zero-order valence-corrected chi connectivity index (χ0v) is 20.0. The molecule has 0 spiro atoms. The van der Waals surface area contributed by atoms with Gasteiger partial charge in [-0.25, -0.2) is 14.8 Å². The molecule has 34 heavy (non-hydrogen) atoms. The Kier molecular flexibility index (Phi) is 7.86. The van der Waals surface area contributed by atoms with E-state index in [-0.39, 0.29) is 29.9 Å². The van der Waals surface area contributed by atoms with E-state index in [1.54, 1.807) is 13.0 Å². The molecule has 1 saturated heterocycles. The number of aromatic nitrogens is 1. The third-order valence-corrected chi connectivity index (χ3v) is 6.31. The molecule has 186 valence electrons. The molecule has 1 aromatic carbocycles. The molecule has 1 aliphatic heterocycles. The summed E-state index contributed by atoms with van der Waals surface area (Å²) in [5.41, 5.74) is 1.35. The third kappa shape index (κ3) is 6.06. The molecule has 1 fully saturated rings. The molecule has 9 nitrogen and oxygen atoms in total. The summed E-state index contributed by atoms with van der Waals surface area (Å²) in [5.74, 6) is -0.608. The van der Waals surface area contributed by atoms with Gasteiger partial charge in [-0.3, -0.25) is 9.69 Å². The van der Waals surface area contributed by atoms with Gasteiger partial charge >= 0.3 is 6.61 Å². The second-order valence-corrected chi connectivity index (χ2v) is 9.99. The van der Waals surface area contributed by atoms with E-state index in [1.165, 1.54) is 6.07 Å². The van der Waals surface area contributed by atoms with Gasteiger partial charge in [-0.05, 0) is 36.1 Å². The van der Waals surface area contributed by atoms with Gasteiger partial charge in [-0.1, -0.05) is 38.1 Å². The van der Waals surface area contributed by atoms with E-state index < -0.39 is 22.2 Å². The minimum absolute atomic E-state index is 0.0478. The molecule has 0 unspecified atom stereocenters. The van der Waals surface area contributed by atoms with Gasteiger partial charge in [0.25, 0.3) is 10.2 Å². The van der Waals surface area contributed by atoms with Crippen molar-refractivity contribution in [3.8, 4) is 5.88 Å². The molecule has 0 saturated carbocycles. The Labute approximate surface area is 197 Å². The number of aryl methyl sites for hydroxylation is 1. The Balaban J connectivity index is 1.90. The standard InChI is InChI=1S/C22H29F2N5O4S/c1-14(2)16-6-4-5-7-17(16)22(12-29(13-22)11-10-26-34(25,31)32)20(30)28-18-9-8-15(3)27-19(18)33-21(23)24/h4-9,14,21,26H,10-13H2,1-3H3,(H,28,30)(H2,25,31,32). The van der Waals surface area contributed by atoms with Crippen LogP contribution in [0.5, 0.6) is 5.88 Å². The molecule has 1 aliphatic rings. The Morgan fingerprint density at radius 2 is 1.91 bits per heavy atom. The SMILES string of the molecule is Cc1ccc(NC(=O)C2(c3ccccc3C(C)C)CN(CCNS(N)(=O)=O)C2)c(OC(F)F)n1. The van der Waals surface area contributed by atoms with Crippen LogP contribution in [0, 0.1) is 6.92 Å². The van der Waals surface area contributed by atoms with Gasteiger partial charge < -0.3 is 10.1 Å². The summed E-state index contributed by atoms with van der Waals surface area (Å²) in [4.78, 5) is 19.6. The van der Waals surface area contributed by atoms with Crippen LogP contribution in [0.25, 0.3) is 0 Å². The number of ether oxygens (including phenoxy) is 1. The number of rotatable bonds is 10. The van der Waals surface area contributed by atoms with Crippen LogP contribution in [0.15, 0.2) is 36.4 Å². The van der Waals surface area contributed by atoms with Crippen molar-refractivity contribution in [3.05, 3.63) is 53.2 Å². The highest BCUT2D eigenvalue weighted by Gasteiger charge is 2.51. The summed E-state index contributed by atoms with van der Waals surface area (Å²) in [6, 6.07) is 10.7. The first-order valence-electron chi connectivity index (χ1n) is 10.7. The molecule has 0 atom stereocenters. The van der Waals surface area contributed by atoms with Crippen LogP contribution >= 0.6 is 0 Å². The van der Waals surface area contributed by atoms with Gasteiger partial charge in [-0.15, -0.1) is 0 Å². The summed E-state index contributed by atoms with van der Waals surface area (Å²) in [6.07, 6.45) is 0. The molecule has 12 heteroatoms. The lowest BCUT2D eigenvalue weighted by Gasteiger charge is -2.50. The number of halogens is 2. The van der Waals surface area contributed by atoms with Gasteiger partial charge in [0.1, 0.15) is 5.69 Å². The maximum Gasteiger partial charge on any atom is 0.388 e. The molecule has 2 aromatic rings. The van der Waals surface area contributed by atoms with Gasteiger partial charge in [0, 0.05) is 31.9 Å². The number of carbonyl (C=O) groups excluding carboxylic acids is 1. The number of alkyl halides is 2. The average molecular weight is 498 g/mol. The molecule has 1 aromatic heterocycles. The largest absolute Gasteiger partial charge is 0.415 e. The van der Waals surface area contributed by atoms with Gasteiger partial charge in [-0.2, -0.15) is 17.2 Å². The summed E-state index contributed by atoms with van der Waals surface area (Å²) in [6.45, 7) is 3.64. The minimum atomic E-state index is -3.82. The molecule has 0 bridgehead atoms. The zero-order valence-electron chi connectivity index (χ0n) is 19.2. The lowest BCUT2D eigenvalue weighted by molar-refractivity contribution is -0.128. The number of benzene rings is 1. The topological polar surface area (TPSA) is 127 Å². The third-order valence-electron chi connectivity index (χ3n) is 5.70. The molecular formula is C22H29F2N5O4S. The molecule has 3 rings (SSSR count). The monoisotopic (exact) mass is 497 g/mol. The van der Waals surface area contributed by atoms with Crippen molar-refractivity contribution in [3.63, 3.8) is 0 Å². The van der Waals surface area contributed by atoms with E-state index >= 15 is 0 Å². The van der Waals surface area contributed by atoms with Crippen LogP contribution in [-0.4, -0.2) is 57.0 Å². The molecule has 4 N–H and O–H groups in total. The number of hydrogen-bond donors (Lipinski definition) is 3. The number of nitrogens with two attached hydrogens (primary N) is 1. The van der Waals surface area contributed by atoms with Crippen LogP contribution in [0.2, 0.25) is 0 Å². The zero-order chi connectivity index (χ0) is 25.1. The van der Waals surface area contributed by atoms with Crippen molar-refractivity contribution < 1.29 is 26.7 Å². The fourth-order valence-corrected chi connectivity index (χ4v) is 4.51. The van der Waals surface area contributed by atoms with Gasteiger partial charge in [0.05, 0.1) is 5.41 Å². The number of anilines is 1. The highest BCUT2D eigenvalue weighted by atomic mass is 32.2. The van der Waals surface area contributed by atoms with Gasteiger partial charge in [0.2, 0.25) is 11.8 Å². The lowest BCUT2D eigenvalue weighted by Crippen LogP contribution is -2.66. The number of carbonyl (C=O) groups is 1. The minimum Gasteiger partial charge on any atom is -0.415 e. The summed E-state index contributed by atoms with van der Waals surface area (Å²) < 4.78 is 54.8. The predicted molar refractivity (Wildman–Crippen MR) is 124 cm³/mol. The normalized spacial score (nSPS) is 15.9. The first kappa shape index (κ1) is 25.9. The molecule has 1 amide bonds. The van der Waals surface area contributed by atoms with Gasteiger partial charge in [0.15, 0.2) is 0 Å². The molecular weight excluding hydrogens is 468 g/mol. The highest BCUT2D eigenvalue weighted by Crippen LogP contribution is 2.40. The highest BCUT2D eigenvalue weighted by molar-refractivity contribution is 7.87. The predicted octanol–water partition coefficient (Wildman–Crippen LogP) is 2.10. The van der Waals surface area contributed by atoms with Crippen molar-refractivity contribution in [2.75, 3.05) is 31.5 Å². The summed E-state index contributed by atoms with van der Waals surface area (Å²) >= 11 is 0. The number of nitrogens with one attached hydrogen (secondary N) is 2. The first-order chi connectivity index (χ1) is 15.9. The summed E-state index contributed by atoms with van der Waals surface area (Å²) in [5, 5.41) is 7.71. The van der Waals surface area contributed by atoms with Crippen LogP contribution < -0.4 is 19.9 Å². The Morgan fingerprint density at radius 1 is 1.24 bits per heavy atom. The van der Waals surface area contributed by atoms with E-state index in [0.29, 0.717) is 25.3 Å². The lowest BCUT2D eigenvalue weighted by atomic mass is 9.69. The van der Waals surface area contributed by atoms with Crippen LogP contribution in [0.4, 0.5) is 14.5 Å². The average Bonchev–Trinajstić information content (AvgIpc) is 2.70. The second kappa shape index (κ2) is 10.3. The van der Waals surface area contributed by atoms with Crippen molar-refractivity contribution in [2.45, 2.75) is 38.7 Å². The number of nitrogens with zero attached hydrogens (tertiary/aromatic N) is 2. The maximum absolute atomic E-state index is 13.7. The fourth-order valence-electron chi connectivity index (χ4n) is 4.14. The Bertz CT molecular complexity index is 1140. The number of hydrogen-bond acceptors (Lipinski definition) is 6. The Hall–Kier alpha value is -2.67. The molecule has 0 aliphatic carbocycles. The van der Waals surface area contributed by atoms with E-state index in [4.69, 9.17) is 5.14 Å².